The van der Waals surface area contributed by atoms with Gasteiger partial charge in [0.25, 0.3) is 0 Å². The summed E-state index contributed by atoms with van der Waals surface area (Å²) < 4.78 is 0. The van der Waals surface area contributed by atoms with Gasteiger partial charge in [0.05, 0.1) is 6.61 Å². The topological polar surface area (TPSA) is 32.3 Å². The first kappa shape index (κ1) is 12.6. The number of benzene rings is 1. The molecule has 1 aromatic rings. The van der Waals surface area contributed by atoms with E-state index >= 15 is 0 Å². The molecule has 1 aromatic carbocycles. The summed E-state index contributed by atoms with van der Waals surface area (Å²) in [5, 5.41) is 13.1. The molecule has 1 fully saturated rings. The van der Waals surface area contributed by atoms with Gasteiger partial charge in [-0.1, -0.05) is 44.2 Å². The average Bonchev–Trinajstić information content (AvgIpc) is 2.29. The van der Waals surface area contributed by atoms with Gasteiger partial charge in [-0.25, -0.2) is 0 Å². The van der Waals surface area contributed by atoms with Crippen molar-refractivity contribution in [2.24, 2.45) is 11.8 Å². The van der Waals surface area contributed by atoms with E-state index in [0.29, 0.717) is 0 Å². The molecule has 17 heavy (non-hydrogen) atoms. The van der Waals surface area contributed by atoms with Crippen LogP contribution in [-0.4, -0.2) is 17.3 Å². The molecule has 2 heteroatoms. The zero-order chi connectivity index (χ0) is 12.3. The van der Waals surface area contributed by atoms with Gasteiger partial charge in [-0.3, -0.25) is 0 Å². The Labute approximate surface area is 104 Å². The van der Waals surface area contributed by atoms with Crippen molar-refractivity contribution < 1.29 is 5.11 Å². The summed E-state index contributed by atoms with van der Waals surface area (Å²) in [6.45, 7) is 5.64. The first-order chi connectivity index (χ1) is 8.15. The third-order valence-corrected chi connectivity index (χ3v) is 4.06. The van der Waals surface area contributed by atoms with Gasteiger partial charge in [0.2, 0.25) is 0 Å². The van der Waals surface area contributed by atoms with Crippen LogP contribution in [0.1, 0.15) is 32.3 Å². The van der Waals surface area contributed by atoms with E-state index < -0.39 is 0 Å². The Bertz CT molecular complexity index is 341. The predicted octanol–water partition coefficient (Wildman–Crippen LogP) is 2.57. The summed E-state index contributed by atoms with van der Waals surface area (Å²) in [5.74, 6) is 1.50. The molecule has 1 saturated carbocycles. The van der Waals surface area contributed by atoms with Gasteiger partial charge in [-0.05, 0) is 30.2 Å². The number of hydrogen-bond acceptors (Lipinski definition) is 2. The maximum atomic E-state index is 9.55. The average molecular weight is 233 g/mol. The lowest BCUT2D eigenvalue weighted by Crippen LogP contribution is -2.58. The van der Waals surface area contributed by atoms with Crippen LogP contribution in [0, 0.1) is 11.8 Å². The normalized spacial score (nSPS) is 28.1. The van der Waals surface area contributed by atoms with E-state index in [1.54, 1.807) is 0 Å². The molecule has 2 rings (SSSR count). The lowest BCUT2D eigenvalue weighted by molar-refractivity contribution is 0.0175. The number of rotatable bonds is 5. The van der Waals surface area contributed by atoms with Crippen molar-refractivity contribution in [3.63, 3.8) is 0 Å². The minimum Gasteiger partial charge on any atom is -0.394 e. The summed E-state index contributed by atoms with van der Waals surface area (Å²) in [5.41, 5.74) is 1.26. The van der Waals surface area contributed by atoms with Crippen molar-refractivity contribution in [1.29, 1.82) is 0 Å². The van der Waals surface area contributed by atoms with Crippen LogP contribution < -0.4 is 5.32 Å². The Morgan fingerprint density at radius 1 is 1.29 bits per heavy atom. The summed E-state index contributed by atoms with van der Waals surface area (Å²) in [6.07, 6.45) is 2.21. The van der Waals surface area contributed by atoms with Crippen LogP contribution in [0.2, 0.25) is 0 Å². The van der Waals surface area contributed by atoms with Crippen molar-refractivity contribution in [3.05, 3.63) is 35.9 Å². The molecule has 0 aromatic heterocycles. The maximum Gasteiger partial charge on any atom is 0.0613 e. The Hall–Kier alpha value is -0.860. The van der Waals surface area contributed by atoms with Crippen LogP contribution in [0.5, 0.6) is 0 Å². The Kier molecular flexibility index (Phi) is 3.85. The van der Waals surface area contributed by atoms with Crippen LogP contribution in [-0.2, 0) is 6.54 Å². The van der Waals surface area contributed by atoms with Gasteiger partial charge < -0.3 is 10.4 Å². The third kappa shape index (κ3) is 2.88. The van der Waals surface area contributed by atoms with Crippen LogP contribution in [0.25, 0.3) is 0 Å². The molecule has 0 radical (unpaired) electrons. The van der Waals surface area contributed by atoms with E-state index in [-0.39, 0.29) is 12.1 Å². The molecular weight excluding hydrogens is 210 g/mol. The summed E-state index contributed by atoms with van der Waals surface area (Å²) in [4.78, 5) is 0. The fourth-order valence-electron chi connectivity index (χ4n) is 2.63. The second kappa shape index (κ2) is 5.19. The van der Waals surface area contributed by atoms with Gasteiger partial charge in [-0.2, -0.15) is 0 Å². The van der Waals surface area contributed by atoms with Gasteiger partial charge in [0.1, 0.15) is 0 Å². The molecule has 0 atom stereocenters. The van der Waals surface area contributed by atoms with E-state index in [2.05, 4.69) is 43.4 Å². The smallest absolute Gasteiger partial charge is 0.0613 e. The predicted molar refractivity (Wildman–Crippen MR) is 70.7 cm³/mol. The minimum absolute atomic E-state index is 0.0230. The maximum absolute atomic E-state index is 9.55. The number of nitrogens with one attached hydrogen (secondary N) is 1. The van der Waals surface area contributed by atoms with E-state index in [9.17, 15) is 5.11 Å². The third-order valence-electron chi connectivity index (χ3n) is 4.06. The zero-order valence-electron chi connectivity index (χ0n) is 10.8. The fourth-order valence-corrected chi connectivity index (χ4v) is 2.63. The molecule has 2 nitrogen and oxygen atoms in total. The molecule has 0 aliphatic heterocycles. The molecule has 0 unspecified atom stereocenters. The van der Waals surface area contributed by atoms with Crippen molar-refractivity contribution in [2.75, 3.05) is 6.61 Å². The summed E-state index contributed by atoms with van der Waals surface area (Å²) in [7, 11) is 0. The van der Waals surface area contributed by atoms with Gasteiger partial charge >= 0.3 is 0 Å². The van der Waals surface area contributed by atoms with Crippen LogP contribution in [0.15, 0.2) is 30.3 Å². The Balaban J connectivity index is 1.86. The highest BCUT2D eigenvalue weighted by Crippen LogP contribution is 2.42. The highest BCUT2D eigenvalue weighted by molar-refractivity contribution is 5.15. The number of hydrogen-bond donors (Lipinski definition) is 2. The van der Waals surface area contributed by atoms with E-state index in [0.717, 1.165) is 31.2 Å². The first-order valence-electron chi connectivity index (χ1n) is 6.55. The largest absolute Gasteiger partial charge is 0.394 e. The minimum atomic E-state index is -0.0230. The van der Waals surface area contributed by atoms with E-state index in [4.69, 9.17) is 0 Å². The molecule has 1 aliphatic rings. The number of aliphatic hydroxyl groups is 1. The van der Waals surface area contributed by atoms with Crippen LogP contribution >= 0.6 is 0 Å². The monoisotopic (exact) mass is 233 g/mol. The standard InChI is InChI=1S/C15H23NO/c1-12(2)14-8-15(9-14,11-17)16-10-13-6-4-3-5-7-13/h3-7,12,14,16-17H,8-11H2,1-2H3. The fraction of sp³-hybridized carbons (Fsp3) is 0.600. The van der Waals surface area contributed by atoms with Crippen molar-refractivity contribution in [2.45, 2.75) is 38.8 Å². The van der Waals surface area contributed by atoms with Gasteiger partial charge in [0, 0.05) is 12.1 Å². The van der Waals surface area contributed by atoms with Gasteiger partial charge in [0.15, 0.2) is 0 Å². The molecule has 1 aliphatic carbocycles. The second-order valence-corrected chi connectivity index (χ2v) is 5.69. The Morgan fingerprint density at radius 3 is 2.47 bits per heavy atom. The number of aliphatic hydroxyl groups excluding tert-OH is 1. The Morgan fingerprint density at radius 2 is 1.94 bits per heavy atom. The summed E-state index contributed by atoms with van der Waals surface area (Å²) >= 11 is 0. The molecule has 0 bridgehead atoms. The lowest BCUT2D eigenvalue weighted by Gasteiger charge is -2.49. The highest BCUT2D eigenvalue weighted by Gasteiger charge is 2.44. The van der Waals surface area contributed by atoms with Crippen LogP contribution in [0.4, 0.5) is 0 Å². The van der Waals surface area contributed by atoms with Gasteiger partial charge in [-0.15, -0.1) is 0 Å². The van der Waals surface area contributed by atoms with Crippen LogP contribution in [0.3, 0.4) is 0 Å². The molecule has 0 amide bonds. The highest BCUT2D eigenvalue weighted by atomic mass is 16.3. The summed E-state index contributed by atoms with van der Waals surface area (Å²) in [6, 6.07) is 10.4. The molecule has 0 heterocycles. The first-order valence-corrected chi connectivity index (χ1v) is 6.55. The van der Waals surface area contributed by atoms with Crippen molar-refractivity contribution >= 4 is 0 Å². The molecule has 2 N–H and O–H groups in total. The molecule has 0 spiro atoms. The SMILES string of the molecule is CC(C)C1CC(CO)(NCc2ccccc2)C1. The lowest BCUT2D eigenvalue weighted by atomic mass is 9.64. The molecule has 94 valence electrons. The van der Waals surface area contributed by atoms with Crippen molar-refractivity contribution in [3.8, 4) is 0 Å². The molecule has 0 saturated heterocycles. The van der Waals surface area contributed by atoms with E-state index in [1.807, 2.05) is 6.07 Å². The zero-order valence-corrected chi connectivity index (χ0v) is 10.8. The molecular formula is C15H23NO. The quantitative estimate of drug-likeness (QED) is 0.819. The van der Waals surface area contributed by atoms with Crippen molar-refractivity contribution in [1.82, 2.24) is 5.32 Å². The second-order valence-electron chi connectivity index (χ2n) is 5.69. The van der Waals surface area contributed by atoms with E-state index in [1.165, 1.54) is 5.56 Å².